The molecule has 0 atom stereocenters. The minimum atomic E-state index is -1.13. The van der Waals surface area contributed by atoms with E-state index >= 15 is 0 Å². The van der Waals surface area contributed by atoms with Crippen molar-refractivity contribution in [2.45, 2.75) is 0 Å². The number of carbonyl (C=O) groups excluding carboxylic acids is 2. The van der Waals surface area contributed by atoms with Crippen LogP contribution in [0.3, 0.4) is 0 Å². The number of likely N-dealkylation sites (N-methyl/N-ethyl adjacent to an activating group) is 1. The number of benzene rings is 1. The molecule has 0 unspecified atom stereocenters. The number of amides is 2. The summed E-state index contributed by atoms with van der Waals surface area (Å²) in [6, 6.07) is 4.06. The maximum absolute atomic E-state index is 13.3. The number of hydrogen-bond donors (Lipinski definition) is 1. The van der Waals surface area contributed by atoms with Crippen LogP contribution in [0.1, 0.15) is 0 Å². The van der Waals surface area contributed by atoms with Crippen molar-refractivity contribution in [3.05, 3.63) is 28.5 Å². The molecule has 0 aliphatic carbocycles. The van der Waals surface area contributed by atoms with Gasteiger partial charge in [0, 0.05) is 11.5 Å². The van der Waals surface area contributed by atoms with Crippen LogP contribution in [0.2, 0.25) is 0 Å². The van der Waals surface area contributed by atoms with E-state index in [2.05, 4.69) is 15.9 Å². The molecule has 0 aliphatic heterocycles. The molecule has 0 saturated carbocycles. The number of nitrogens with two attached hydrogens (primary N) is 1. The quantitative estimate of drug-likeness (QED) is 0.778. The van der Waals surface area contributed by atoms with Crippen LogP contribution in [-0.4, -0.2) is 18.9 Å². The van der Waals surface area contributed by atoms with Crippen molar-refractivity contribution >= 4 is 33.4 Å². The molecule has 1 rings (SSSR count). The predicted octanol–water partition coefficient (Wildman–Crippen LogP) is 1.04. The van der Waals surface area contributed by atoms with Crippen LogP contribution < -0.4 is 10.6 Å². The number of carbonyl (C=O) groups is 2. The molecule has 0 spiro atoms. The summed E-state index contributed by atoms with van der Waals surface area (Å²) in [5, 5.41) is 0. The van der Waals surface area contributed by atoms with Crippen LogP contribution in [0.4, 0.5) is 10.1 Å². The molecule has 0 fully saturated rings. The van der Waals surface area contributed by atoms with E-state index in [9.17, 15) is 14.0 Å². The average Bonchev–Trinajstić information content (AvgIpc) is 2.19. The Kier molecular flexibility index (Phi) is 3.41. The Morgan fingerprint density at radius 2 is 2.07 bits per heavy atom. The summed E-state index contributed by atoms with van der Waals surface area (Å²) in [5.41, 5.74) is 4.79. The van der Waals surface area contributed by atoms with Crippen molar-refractivity contribution in [1.82, 2.24) is 0 Å². The molecule has 1 aromatic rings. The maximum atomic E-state index is 13.3. The highest BCUT2D eigenvalue weighted by Crippen LogP contribution is 2.22. The Balaban J connectivity index is 3.10. The van der Waals surface area contributed by atoms with Gasteiger partial charge in [0.2, 0.25) is 0 Å². The lowest BCUT2D eigenvalue weighted by Gasteiger charge is -2.16. The van der Waals surface area contributed by atoms with E-state index in [4.69, 9.17) is 5.73 Å². The minimum absolute atomic E-state index is 0.00632. The number of anilines is 1. The maximum Gasteiger partial charge on any atom is 0.315 e. The predicted molar refractivity (Wildman–Crippen MR) is 56.7 cm³/mol. The van der Waals surface area contributed by atoms with E-state index in [0.717, 1.165) is 4.90 Å². The molecule has 1 aromatic carbocycles. The molecule has 2 N–H and O–H groups in total. The molecule has 0 aromatic heterocycles. The molecule has 2 amide bonds. The Morgan fingerprint density at radius 3 is 2.60 bits per heavy atom. The molecular formula is C9H8BrFN2O2. The first-order valence-electron chi connectivity index (χ1n) is 3.96. The molecule has 80 valence electrons. The summed E-state index contributed by atoms with van der Waals surface area (Å²) in [4.78, 5) is 22.6. The average molecular weight is 275 g/mol. The zero-order valence-corrected chi connectivity index (χ0v) is 9.42. The molecule has 0 radical (unpaired) electrons. The Bertz CT molecular complexity index is 423. The fourth-order valence-electron chi connectivity index (χ4n) is 1.02. The van der Waals surface area contributed by atoms with Gasteiger partial charge in [-0.05, 0) is 18.2 Å². The van der Waals surface area contributed by atoms with Gasteiger partial charge in [-0.3, -0.25) is 9.59 Å². The van der Waals surface area contributed by atoms with E-state index in [0.29, 0.717) is 4.47 Å². The van der Waals surface area contributed by atoms with Crippen LogP contribution in [0, 0.1) is 5.82 Å². The van der Waals surface area contributed by atoms with Crippen LogP contribution in [0.5, 0.6) is 0 Å². The number of nitrogens with zero attached hydrogens (tertiary/aromatic N) is 1. The van der Waals surface area contributed by atoms with Gasteiger partial charge in [-0.25, -0.2) is 4.39 Å². The second-order valence-electron chi connectivity index (χ2n) is 2.82. The van der Waals surface area contributed by atoms with Gasteiger partial charge in [0.1, 0.15) is 5.82 Å². The van der Waals surface area contributed by atoms with Gasteiger partial charge < -0.3 is 10.6 Å². The summed E-state index contributed by atoms with van der Waals surface area (Å²) in [6.45, 7) is 0. The SMILES string of the molecule is CN(C(=O)C(N)=O)c1cc(Br)ccc1F. The van der Waals surface area contributed by atoms with E-state index in [1.54, 1.807) is 0 Å². The molecule has 0 saturated heterocycles. The van der Waals surface area contributed by atoms with E-state index < -0.39 is 17.6 Å². The molecule has 0 aliphatic rings. The fraction of sp³-hybridized carbons (Fsp3) is 0.111. The van der Waals surface area contributed by atoms with Gasteiger partial charge in [-0.1, -0.05) is 15.9 Å². The van der Waals surface area contributed by atoms with Crippen LogP contribution >= 0.6 is 15.9 Å². The minimum Gasteiger partial charge on any atom is -0.361 e. The first kappa shape index (κ1) is 11.6. The standard InChI is InChI=1S/C9H8BrFN2O2/c1-13(9(15)8(12)14)7-4-5(10)2-3-6(7)11/h2-4H,1H3,(H2,12,14). The number of primary amides is 1. The second kappa shape index (κ2) is 4.39. The van der Waals surface area contributed by atoms with Gasteiger partial charge in [-0.15, -0.1) is 0 Å². The van der Waals surface area contributed by atoms with Gasteiger partial charge in [-0.2, -0.15) is 0 Å². The van der Waals surface area contributed by atoms with E-state index in [1.807, 2.05) is 0 Å². The van der Waals surface area contributed by atoms with Gasteiger partial charge >= 0.3 is 11.8 Å². The lowest BCUT2D eigenvalue weighted by molar-refractivity contribution is -0.135. The Hall–Kier alpha value is -1.43. The highest BCUT2D eigenvalue weighted by Gasteiger charge is 2.19. The third-order valence-electron chi connectivity index (χ3n) is 1.78. The molecular weight excluding hydrogens is 267 g/mol. The third kappa shape index (κ3) is 2.53. The highest BCUT2D eigenvalue weighted by atomic mass is 79.9. The van der Waals surface area contributed by atoms with Gasteiger partial charge in [0.05, 0.1) is 5.69 Å². The summed E-state index contributed by atoms with van der Waals surface area (Å²) < 4.78 is 13.9. The Morgan fingerprint density at radius 1 is 1.47 bits per heavy atom. The lowest BCUT2D eigenvalue weighted by atomic mass is 10.3. The molecule has 0 bridgehead atoms. The first-order chi connectivity index (χ1) is 6.93. The smallest absolute Gasteiger partial charge is 0.315 e. The van der Waals surface area contributed by atoms with Crippen molar-refractivity contribution in [2.24, 2.45) is 5.73 Å². The summed E-state index contributed by atoms with van der Waals surface area (Å²) in [7, 11) is 1.28. The van der Waals surface area contributed by atoms with Crippen molar-refractivity contribution in [1.29, 1.82) is 0 Å². The number of halogens is 2. The third-order valence-corrected chi connectivity index (χ3v) is 2.28. The van der Waals surface area contributed by atoms with Crippen molar-refractivity contribution in [3.63, 3.8) is 0 Å². The molecule has 6 heteroatoms. The first-order valence-corrected chi connectivity index (χ1v) is 4.75. The number of hydrogen-bond acceptors (Lipinski definition) is 2. The molecule has 15 heavy (non-hydrogen) atoms. The number of rotatable bonds is 1. The highest BCUT2D eigenvalue weighted by molar-refractivity contribution is 9.10. The molecule has 4 nitrogen and oxygen atoms in total. The van der Waals surface area contributed by atoms with Crippen LogP contribution in [0.25, 0.3) is 0 Å². The monoisotopic (exact) mass is 274 g/mol. The summed E-state index contributed by atoms with van der Waals surface area (Å²) in [6.07, 6.45) is 0. The van der Waals surface area contributed by atoms with Crippen LogP contribution in [0.15, 0.2) is 22.7 Å². The summed E-state index contributed by atoms with van der Waals surface area (Å²) >= 11 is 3.13. The zero-order chi connectivity index (χ0) is 11.6. The van der Waals surface area contributed by atoms with Crippen molar-refractivity contribution < 1.29 is 14.0 Å². The second-order valence-corrected chi connectivity index (χ2v) is 3.74. The topological polar surface area (TPSA) is 63.4 Å². The lowest BCUT2D eigenvalue weighted by Crippen LogP contribution is -2.38. The van der Waals surface area contributed by atoms with Crippen molar-refractivity contribution in [3.8, 4) is 0 Å². The van der Waals surface area contributed by atoms with Crippen molar-refractivity contribution in [2.75, 3.05) is 11.9 Å². The van der Waals surface area contributed by atoms with Gasteiger partial charge in [0.15, 0.2) is 0 Å². The Labute approximate surface area is 94.0 Å². The fourth-order valence-corrected chi connectivity index (χ4v) is 1.37. The van der Waals surface area contributed by atoms with Gasteiger partial charge in [0.25, 0.3) is 0 Å². The molecule has 0 heterocycles. The largest absolute Gasteiger partial charge is 0.361 e. The van der Waals surface area contributed by atoms with E-state index in [1.165, 1.54) is 25.2 Å². The van der Waals surface area contributed by atoms with E-state index in [-0.39, 0.29) is 5.69 Å². The summed E-state index contributed by atoms with van der Waals surface area (Å²) in [5.74, 6) is -2.70. The normalized spacial score (nSPS) is 9.80. The van der Waals surface area contributed by atoms with Crippen LogP contribution in [-0.2, 0) is 9.59 Å². The zero-order valence-electron chi connectivity index (χ0n) is 7.83.